The standard InChI is InChI=1S/C32H31F3N4O6/c33-32(34,35)31(42)44-26-15-16-36-30-25(26)14-11-23(37-30)7-4-8-27-38-28(45-39-27)17-22(18-29(40)41)21-9-12-24(13-10-21)43-19-20-5-2-1-3-6-20/h1-3,5-6,9-14,22,26H,4,7-8,15-19H2,(H,36,37)(H,40,41). The van der Waals surface area contributed by atoms with Gasteiger partial charge >= 0.3 is 18.1 Å². The number of benzene rings is 2. The largest absolute Gasteiger partial charge is 0.490 e. The van der Waals surface area contributed by atoms with E-state index in [2.05, 4.69) is 25.2 Å². The first-order valence-corrected chi connectivity index (χ1v) is 14.5. The Bertz CT molecular complexity index is 1590. The fourth-order valence-corrected chi connectivity index (χ4v) is 5.06. The van der Waals surface area contributed by atoms with E-state index in [4.69, 9.17) is 9.26 Å². The minimum absolute atomic E-state index is 0.115. The zero-order chi connectivity index (χ0) is 31.8. The molecule has 2 aromatic carbocycles. The van der Waals surface area contributed by atoms with Gasteiger partial charge < -0.3 is 24.4 Å². The molecule has 2 unspecified atom stereocenters. The second-order valence-corrected chi connectivity index (χ2v) is 10.6. The Morgan fingerprint density at radius 1 is 1.02 bits per heavy atom. The Kier molecular flexibility index (Phi) is 9.95. The van der Waals surface area contributed by atoms with Crippen molar-refractivity contribution in [3.8, 4) is 5.75 Å². The van der Waals surface area contributed by atoms with Crippen LogP contribution in [0.4, 0.5) is 19.0 Å². The number of fused-ring (bicyclic) bond motifs is 1. The lowest BCUT2D eigenvalue weighted by molar-refractivity contribution is -0.205. The molecule has 13 heteroatoms. The Hall–Kier alpha value is -4.94. The van der Waals surface area contributed by atoms with Crippen LogP contribution in [0.5, 0.6) is 5.75 Å². The Morgan fingerprint density at radius 2 is 1.80 bits per heavy atom. The summed E-state index contributed by atoms with van der Waals surface area (Å²) in [5.74, 6) is -1.69. The molecule has 0 saturated carbocycles. The van der Waals surface area contributed by atoms with Gasteiger partial charge in [0.2, 0.25) is 5.89 Å². The number of halogens is 3. The van der Waals surface area contributed by atoms with E-state index in [0.29, 0.717) is 67.0 Å². The summed E-state index contributed by atoms with van der Waals surface area (Å²) in [7, 11) is 0. The molecule has 10 nitrogen and oxygen atoms in total. The third kappa shape index (κ3) is 8.80. The first kappa shape index (κ1) is 31.5. The number of aliphatic carboxylic acids is 1. The molecule has 0 aliphatic carbocycles. The topological polar surface area (TPSA) is 137 Å². The van der Waals surface area contributed by atoms with E-state index in [-0.39, 0.29) is 25.2 Å². The number of hydrogen-bond donors (Lipinski definition) is 2. The number of carboxylic acid groups (broad SMARTS) is 1. The molecule has 0 saturated heterocycles. The number of alkyl halides is 3. The molecule has 0 bridgehead atoms. The number of carboxylic acids is 1. The van der Waals surface area contributed by atoms with Crippen molar-refractivity contribution in [2.75, 3.05) is 11.9 Å². The van der Waals surface area contributed by atoms with Gasteiger partial charge in [0.1, 0.15) is 24.3 Å². The van der Waals surface area contributed by atoms with E-state index in [1.807, 2.05) is 54.6 Å². The van der Waals surface area contributed by atoms with E-state index >= 15 is 0 Å². The number of aryl methyl sites for hydroxylation is 2. The number of pyridine rings is 1. The summed E-state index contributed by atoms with van der Waals surface area (Å²) in [5, 5.41) is 16.6. The molecular weight excluding hydrogens is 593 g/mol. The molecule has 45 heavy (non-hydrogen) atoms. The van der Waals surface area contributed by atoms with Crippen LogP contribution in [0, 0.1) is 0 Å². The van der Waals surface area contributed by atoms with Gasteiger partial charge in [-0.05, 0) is 48.2 Å². The summed E-state index contributed by atoms with van der Waals surface area (Å²) >= 11 is 0. The minimum atomic E-state index is -5.06. The number of carbonyl (C=O) groups is 2. The lowest BCUT2D eigenvalue weighted by Crippen LogP contribution is -2.30. The third-order valence-corrected chi connectivity index (χ3v) is 7.30. The summed E-state index contributed by atoms with van der Waals surface area (Å²) in [6.07, 6.45) is -4.12. The lowest BCUT2D eigenvalue weighted by Gasteiger charge is -2.26. The van der Waals surface area contributed by atoms with E-state index in [0.717, 1.165) is 11.1 Å². The van der Waals surface area contributed by atoms with Gasteiger partial charge in [-0.3, -0.25) is 4.79 Å². The normalized spacial score (nSPS) is 15.0. The molecule has 0 fully saturated rings. The van der Waals surface area contributed by atoms with Gasteiger partial charge in [-0.15, -0.1) is 0 Å². The summed E-state index contributed by atoms with van der Waals surface area (Å²) in [4.78, 5) is 31.9. The van der Waals surface area contributed by atoms with E-state index in [1.54, 1.807) is 12.1 Å². The molecule has 4 aromatic rings. The van der Waals surface area contributed by atoms with E-state index in [9.17, 15) is 27.9 Å². The van der Waals surface area contributed by atoms with Crippen molar-refractivity contribution >= 4 is 17.8 Å². The first-order valence-electron chi connectivity index (χ1n) is 14.5. The molecule has 1 aliphatic heterocycles. The van der Waals surface area contributed by atoms with Crippen LogP contribution in [-0.2, 0) is 40.2 Å². The molecule has 236 valence electrons. The highest BCUT2D eigenvalue weighted by Crippen LogP contribution is 2.33. The quantitative estimate of drug-likeness (QED) is 0.171. The van der Waals surface area contributed by atoms with Gasteiger partial charge in [0.15, 0.2) is 5.82 Å². The van der Waals surface area contributed by atoms with Crippen LogP contribution in [-0.4, -0.2) is 44.9 Å². The number of hydrogen-bond acceptors (Lipinski definition) is 9. The number of aromatic nitrogens is 3. The number of nitrogens with one attached hydrogen (secondary N) is 1. The van der Waals surface area contributed by atoms with Crippen molar-refractivity contribution in [3.05, 3.63) is 101 Å². The second-order valence-electron chi connectivity index (χ2n) is 10.6. The predicted octanol–water partition coefficient (Wildman–Crippen LogP) is 5.98. The number of rotatable bonds is 13. The lowest BCUT2D eigenvalue weighted by atomic mass is 9.92. The second kappa shape index (κ2) is 14.2. The van der Waals surface area contributed by atoms with E-state index < -0.39 is 24.2 Å². The molecule has 2 atom stereocenters. The van der Waals surface area contributed by atoms with Crippen LogP contribution in [0.2, 0.25) is 0 Å². The summed E-state index contributed by atoms with van der Waals surface area (Å²) in [6.45, 7) is 0.742. The molecule has 0 amide bonds. The van der Waals surface area contributed by atoms with Crippen molar-refractivity contribution in [1.82, 2.24) is 15.1 Å². The highest BCUT2D eigenvalue weighted by atomic mass is 19.4. The molecule has 0 radical (unpaired) electrons. The van der Waals surface area contributed by atoms with Gasteiger partial charge in [-0.2, -0.15) is 18.2 Å². The predicted molar refractivity (Wildman–Crippen MR) is 154 cm³/mol. The number of carbonyl (C=O) groups excluding carboxylic acids is 1. The van der Waals surface area contributed by atoms with Crippen molar-refractivity contribution < 1.29 is 41.9 Å². The van der Waals surface area contributed by atoms with Gasteiger partial charge in [-0.25, -0.2) is 9.78 Å². The van der Waals surface area contributed by atoms with E-state index in [1.165, 1.54) is 0 Å². The summed E-state index contributed by atoms with van der Waals surface area (Å²) in [6, 6.07) is 20.4. The highest BCUT2D eigenvalue weighted by Gasteiger charge is 2.43. The third-order valence-electron chi connectivity index (χ3n) is 7.30. The molecular formula is C32H31F3N4O6. The van der Waals surface area contributed by atoms with Crippen LogP contribution in [0.15, 0.2) is 71.3 Å². The molecule has 2 aromatic heterocycles. The number of esters is 1. The fraction of sp³-hybridized carbons (Fsp3) is 0.344. The maximum absolute atomic E-state index is 12.6. The molecule has 2 N–H and O–H groups in total. The average Bonchev–Trinajstić information content (AvgIpc) is 3.47. The maximum Gasteiger partial charge on any atom is 0.490 e. The first-order chi connectivity index (χ1) is 21.6. The van der Waals surface area contributed by atoms with Gasteiger partial charge in [0.05, 0.1) is 6.42 Å². The molecule has 1 aliphatic rings. The highest BCUT2D eigenvalue weighted by molar-refractivity contribution is 5.76. The molecule has 5 rings (SSSR count). The van der Waals surface area contributed by atoms with Crippen LogP contribution in [0.1, 0.15) is 65.4 Å². The summed E-state index contributed by atoms with van der Waals surface area (Å²) < 4.78 is 53.9. The Morgan fingerprint density at radius 3 is 2.53 bits per heavy atom. The SMILES string of the molecule is O=C(O)CC(Cc1nc(CCCc2ccc3c(n2)NCCC3OC(=O)C(F)(F)F)no1)c1ccc(OCc2ccccc2)cc1. The zero-order valence-electron chi connectivity index (χ0n) is 24.1. The van der Waals surface area contributed by atoms with Gasteiger partial charge in [0, 0.05) is 43.0 Å². The monoisotopic (exact) mass is 624 g/mol. The Balaban J connectivity index is 1.14. The van der Waals surface area contributed by atoms with Crippen molar-refractivity contribution in [3.63, 3.8) is 0 Å². The van der Waals surface area contributed by atoms with Crippen LogP contribution in [0.3, 0.4) is 0 Å². The van der Waals surface area contributed by atoms with Crippen molar-refractivity contribution in [1.29, 1.82) is 0 Å². The fourth-order valence-electron chi connectivity index (χ4n) is 5.06. The number of ether oxygens (including phenoxy) is 2. The zero-order valence-corrected chi connectivity index (χ0v) is 24.1. The Labute approximate surface area is 256 Å². The van der Waals surface area contributed by atoms with Crippen molar-refractivity contribution in [2.24, 2.45) is 0 Å². The molecule has 3 heterocycles. The van der Waals surface area contributed by atoms with Crippen LogP contribution >= 0.6 is 0 Å². The summed E-state index contributed by atoms with van der Waals surface area (Å²) in [5.41, 5.74) is 2.95. The van der Waals surface area contributed by atoms with Gasteiger partial charge in [-0.1, -0.05) is 47.6 Å². The average molecular weight is 625 g/mol. The molecule has 0 spiro atoms. The smallest absolute Gasteiger partial charge is 0.489 e. The number of anilines is 1. The maximum atomic E-state index is 12.6. The number of nitrogens with zero attached hydrogens (tertiary/aromatic N) is 3. The van der Waals surface area contributed by atoms with Crippen molar-refractivity contribution in [2.45, 2.75) is 63.3 Å². The van der Waals surface area contributed by atoms with Gasteiger partial charge in [0.25, 0.3) is 0 Å². The minimum Gasteiger partial charge on any atom is -0.489 e. The van der Waals surface area contributed by atoms with Crippen LogP contribution < -0.4 is 10.1 Å². The van der Waals surface area contributed by atoms with Crippen LogP contribution in [0.25, 0.3) is 0 Å².